The third-order valence-corrected chi connectivity index (χ3v) is 5.67. The number of nitrogens with one attached hydrogen (secondary N) is 1. The summed E-state index contributed by atoms with van der Waals surface area (Å²) >= 11 is 5.42. The second kappa shape index (κ2) is 10.1. The van der Waals surface area contributed by atoms with E-state index in [1.54, 1.807) is 18.0 Å². The van der Waals surface area contributed by atoms with Crippen molar-refractivity contribution < 1.29 is 9.47 Å². The minimum Gasteiger partial charge on any atom is -0.493 e. The number of ether oxygens (including phenoxy) is 2. The van der Waals surface area contributed by atoms with E-state index in [0.29, 0.717) is 28.7 Å². The van der Waals surface area contributed by atoms with Gasteiger partial charge < -0.3 is 9.47 Å². The SMILES string of the molecule is COc1ccc(/C=N/n2c(-c3ccc(C(C)(C)C)cc3)n[nH]c2=S)cc1OCc1ccccc1. The van der Waals surface area contributed by atoms with Crippen molar-refractivity contribution >= 4 is 18.4 Å². The summed E-state index contributed by atoms with van der Waals surface area (Å²) < 4.78 is 13.5. The molecule has 0 spiro atoms. The van der Waals surface area contributed by atoms with Crippen LogP contribution in [0.15, 0.2) is 77.9 Å². The van der Waals surface area contributed by atoms with Gasteiger partial charge in [0.15, 0.2) is 17.3 Å². The van der Waals surface area contributed by atoms with Crippen molar-refractivity contribution in [2.75, 3.05) is 7.11 Å². The molecule has 0 atom stereocenters. The molecule has 3 aromatic carbocycles. The maximum atomic E-state index is 6.01. The highest BCUT2D eigenvalue weighted by Crippen LogP contribution is 2.29. The molecule has 7 heteroatoms. The summed E-state index contributed by atoms with van der Waals surface area (Å²) in [6.07, 6.45) is 1.73. The van der Waals surface area contributed by atoms with Crippen LogP contribution in [0.4, 0.5) is 0 Å². The Morgan fingerprint density at radius 1 is 1.00 bits per heavy atom. The van der Waals surface area contributed by atoms with E-state index in [-0.39, 0.29) is 5.41 Å². The van der Waals surface area contributed by atoms with Crippen LogP contribution < -0.4 is 9.47 Å². The summed E-state index contributed by atoms with van der Waals surface area (Å²) in [5.74, 6) is 1.95. The van der Waals surface area contributed by atoms with E-state index < -0.39 is 0 Å². The fraction of sp³-hybridized carbons (Fsp3) is 0.222. The van der Waals surface area contributed by atoms with Gasteiger partial charge in [0.25, 0.3) is 0 Å². The van der Waals surface area contributed by atoms with Crippen LogP contribution in [0.1, 0.15) is 37.5 Å². The third-order valence-electron chi connectivity index (χ3n) is 5.41. The molecular weight excluding hydrogens is 444 g/mol. The van der Waals surface area contributed by atoms with Gasteiger partial charge in [-0.2, -0.15) is 14.9 Å². The van der Waals surface area contributed by atoms with Gasteiger partial charge in [0.2, 0.25) is 4.77 Å². The number of H-pyrrole nitrogens is 1. The molecule has 4 rings (SSSR count). The molecule has 1 aromatic heterocycles. The molecule has 0 amide bonds. The van der Waals surface area contributed by atoms with Crippen molar-refractivity contribution in [3.63, 3.8) is 0 Å². The van der Waals surface area contributed by atoms with Gasteiger partial charge in [-0.25, -0.2) is 5.10 Å². The largest absolute Gasteiger partial charge is 0.493 e. The van der Waals surface area contributed by atoms with E-state index in [1.807, 2.05) is 60.7 Å². The number of benzene rings is 3. The fourth-order valence-electron chi connectivity index (χ4n) is 3.45. The summed E-state index contributed by atoms with van der Waals surface area (Å²) in [5.41, 5.74) is 4.19. The lowest BCUT2D eigenvalue weighted by Gasteiger charge is -2.18. The first-order chi connectivity index (χ1) is 16.3. The van der Waals surface area contributed by atoms with Crippen molar-refractivity contribution in [1.29, 1.82) is 0 Å². The van der Waals surface area contributed by atoms with Gasteiger partial charge >= 0.3 is 0 Å². The Hall–Kier alpha value is -3.71. The van der Waals surface area contributed by atoms with Crippen molar-refractivity contribution in [3.8, 4) is 22.9 Å². The second-order valence-electron chi connectivity index (χ2n) is 8.92. The lowest BCUT2D eigenvalue weighted by Crippen LogP contribution is -2.10. The van der Waals surface area contributed by atoms with Gasteiger partial charge in [-0.3, -0.25) is 0 Å². The summed E-state index contributed by atoms with van der Waals surface area (Å²) in [6, 6.07) is 24.0. The van der Waals surface area contributed by atoms with E-state index in [9.17, 15) is 0 Å². The van der Waals surface area contributed by atoms with E-state index in [2.05, 4.69) is 48.2 Å². The third kappa shape index (κ3) is 5.43. The Bertz CT molecular complexity index is 1330. The van der Waals surface area contributed by atoms with Gasteiger partial charge in [0, 0.05) is 5.56 Å². The number of hydrogen-bond acceptors (Lipinski definition) is 5. The highest BCUT2D eigenvalue weighted by Gasteiger charge is 2.15. The summed E-state index contributed by atoms with van der Waals surface area (Å²) in [4.78, 5) is 0. The number of aromatic nitrogens is 3. The molecule has 1 N–H and O–H groups in total. The van der Waals surface area contributed by atoms with Crippen molar-refractivity contribution in [1.82, 2.24) is 14.9 Å². The Kier molecular flexibility index (Phi) is 6.93. The number of hydrogen-bond donors (Lipinski definition) is 1. The molecule has 0 aliphatic rings. The van der Waals surface area contributed by atoms with Gasteiger partial charge in [-0.05, 0) is 52.5 Å². The summed E-state index contributed by atoms with van der Waals surface area (Å²) in [5, 5.41) is 11.8. The standard InChI is InChI=1S/C27H28N4O2S/c1-27(2,3)22-13-11-21(12-14-22)25-29-30-26(34)31(25)28-17-20-10-15-23(32-4)24(16-20)33-18-19-8-6-5-7-9-19/h5-17H,18H2,1-4H3,(H,30,34)/b28-17+. The summed E-state index contributed by atoms with van der Waals surface area (Å²) in [6.45, 7) is 7.01. The van der Waals surface area contributed by atoms with Crippen LogP contribution in [-0.2, 0) is 12.0 Å². The number of aromatic amines is 1. The first-order valence-electron chi connectivity index (χ1n) is 11.0. The first kappa shape index (κ1) is 23.4. The lowest BCUT2D eigenvalue weighted by molar-refractivity contribution is 0.284. The maximum Gasteiger partial charge on any atom is 0.216 e. The van der Waals surface area contributed by atoms with Crippen molar-refractivity contribution in [2.45, 2.75) is 32.8 Å². The van der Waals surface area contributed by atoms with Crippen LogP contribution in [0.3, 0.4) is 0 Å². The van der Waals surface area contributed by atoms with Crippen LogP contribution in [0.5, 0.6) is 11.5 Å². The molecule has 0 fully saturated rings. The molecule has 4 aromatic rings. The Balaban J connectivity index is 1.58. The lowest BCUT2D eigenvalue weighted by atomic mass is 9.87. The molecule has 0 bridgehead atoms. The fourth-order valence-corrected chi connectivity index (χ4v) is 3.63. The minimum absolute atomic E-state index is 0.0794. The molecule has 0 aliphatic heterocycles. The number of nitrogens with zero attached hydrogens (tertiary/aromatic N) is 3. The number of methoxy groups -OCH3 is 1. The predicted molar refractivity (Wildman–Crippen MR) is 138 cm³/mol. The van der Waals surface area contributed by atoms with Crippen LogP contribution in [-0.4, -0.2) is 28.2 Å². The zero-order chi connectivity index (χ0) is 24.1. The van der Waals surface area contributed by atoms with E-state index in [0.717, 1.165) is 16.7 Å². The highest BCUT2D eigenvalue weighted by molar-refractivity contribution is 7.71. The van der Waals surface area contributed by atoms with Gasteiger partial charge in [-0.15, -0.1) is 0 Å². The highest BCUT2D eigenvalue weighted by atomic mass is 32.1. The Morgan fingerprint density at radius 3 is 2.41 bits per heavy atom. The molecule has 0 unspecified atom stereocenters. The first-order valence-corrected chi connectivity index (χ1v) is 11.4. The minimum atomic E-state index is 0.0794. The van der Waals surface area contributed by atoms with E-state index >= 15 is 0 Å². The average molecular weight is 473 g/mol. The van der Waals surface area contributed by atoms with E-state index in [1.165, 1.54) is 5.56 Å². The molecule has 0 saturated carbocycles. The van der Waals surface area contributed by atoms with Crippen LogP contribution in [0.2, 0.25) is 0 Å². The molecule has 0 saturated heterocycles. The van der Waals surface area contributed by atoms with Crippen LogP contribution in [0, 0.1) is 4.77 Å². The molecule has 1 heterocycles. The van der Waals surface area contributed by atoms with Crippen LogP contribution in [0.25, 0.3) is 11.4 Å². The molecule has 174 valence electrons. The topological polar surface area (TPSA) is 64.4 Å². The zero-order valence-corrected chi connectivity index (χ0v) is 20.6. The maximum absolute atomic E-state index is 6.01. The molecular formula is C27H28N4O2S. The Labute approximate surface area is 204 Å². The quantitative estimate of drug-likeness (QED) is 0.251. The zero-order valence-electron chi connectivity index (χ0n) is 19.8. The smallest absolute Gasteiger partial charge is 0.216 e. The summed E-state index contributed by atoms with van der Waals surface area (Å²) in [7, 11) is 1.63. The molecule has 6 nitrogen and oxygen atoms in total. The number of rotatable bonds is 7. The average Bonchev–Trinajstić information content (AvgIpc) is 3.21. The monoisotopic (exact) mass is 472 g/mol. The van der Waals surface area contributed by atoms with Gasteiger partial charge in [-0.1, -0.05) is 75.4 Å². The van der Waals surface area contributed by atoms with Gasteiger partial charge in [0.1, 0.15) is 6.61 Å². The van der Waals surface area contributed by atoms with Gasteiger partial charge in [0.05, 0.1) is 13.3 Å². The van der Waals surface area contributed by atoms with E-state index in [4.69, 9.17) is 21.7 Å². The second-order valence-corrected chi connectivity index (χ2v) is 9.31. The van der Waals surface area contributed by atoms with Crippen molar-refractivity contribution in [2.24, 2.45) is 5.10 Å². The normalized spacial score (nSPS) is 11.6. The molecule has 0 radical (unpaired) electrons. The van der Waals surface area contributed by atoms with Crippen molar-refractivity contribution in [3.05, 3.63) is 94.3 Å². The Morgan fingerprint density at radius 2 is 1.74 bits per heavy atom. The molecule has 0 aliphatic carbocycles. The van der Waals surface area contributed by atoms with Crippen LogP contribution >= 0.6 is 12.2 Å². The molecule has 34 heavy (non-hydrogen) atoms. The predicted octanol–water partition coefficient (Wildman–Crippen LogP) is 6.37.